The maximum absolute atomic E-state index is 11.9. The quantitative estimate of drug-likeness (QED) is 0.493. The van der Waals surface area contributed by atoms with Gasteiger partial charge in [-0.2, -0.15) is 0 Å². The van der Waals surface area contributed by atoms with Crippen molar-refractivity contribution in [3.63, 3.8) is 0 Å². The van der Waals surface area contributed by atoms with Gasteiger partial charge in [0.05, 0.1) is 17.8 Å². The van der Waals surface area contributed by atoms with Crippen LogP contribution in [0.15, 0.2) is 18.2 Å². The molecule has 1 amide bonds. The molecule has 1 heterocycles. The molecule has 25 heavy (non-hydrogen) atoms. The third-order valence-electron chi connectivity index (χ3n) is 3.90. The highest BCUT2D eigenvalue weighted by Gasteiger charge is 2.15. The predicted octanol–water partition coefficient (Wildman–Crippen LogP) is 0.858. The lowest BCUT2D eigenvalue weighted by molar-refractivity contribution is -0.385. The van der Waals surface area contributed by atoms with Crippen LogP contribution in [0.2, 0.25) is 0 Å². The first-order valence-electron chi connectivity index (χ1n) is 8.19. The summed E-state index contributed by atoms with van der Waals surface area (Å²) in [5, 5.41) is 17.2. The van der Waals surface area contributed by atoms with E-state index < -0.39 is 4.92 Å². The van der Waals surface area contributed by atoms with Crippen molar-refractivity contribution in [3.05, 3.63) is 33.9 Å². The second-order valence-electron chi connectivity index (χ2n) is 5.70. The van der Waals surface area contributed by atoms with Crippen LogP contribution in [0.4, 0.5) is 5.69 Å². The number of methoxy groups -OCH3 is 1. The topological polar surface area (TPSA) is 96.7 Å². The van der Waals surface area contributed by atoms with E-state index in [9.17, 15) is 14.9 Å². The summed E-state index contributed by atoms with van der Waals surface area (Å²) in [5.41, 5.74) is 0.743. The molecule has 2 N–H and O–H groups in total. The molecule has 0 atom stereocenters. The van der Waals surface area contributed by atoms with Gasteiger partial charge in [0.15, 0.2) is 5.75 Å². The van der Waals surface area contributed by atoms with Crippen molar-refractivity contribution in [2.24, 2.45) is 0 Å². The van der Waals surface area contributed by atoms with Gasteiger partial charge < -0.3 is 15.4 Å². The van der Waals surface area contributed by atoms with Crippen molar-refractivity contribution in [2.45, 2.75) is 5.75 Å². The summed E-state index contributed by atoms with van der Waals surface area (Å²) in [4.78, 5) is 24.7. The molecule has 1 aromatic rings. The molecule has 1 aliphatic rings. The number of thioether (sulfide) groups is 1. The summed E-state index contributed by atoms with van der Waals surface area (Å²) >= 11 is 1.44. The molecule has 0 aliphatic carbocycles. The Morgan fingerprint density at radius 1 is 1.44 bits per heavy atom. The Balaban J connectivity index is 1.68. The van der Waals surface area contributed by atoms with Crippen molar-refractivity contribution in [2.75, 3.05) is 52.1 Å². The van der Waals surface area contributed by atoms with Crippen LogP contribution >= 0.6 is 11.8 Å². The standard InChI is InChI=1S/C16H24N4O4S/c1-24-15-3-2-13(10-14(15)20(22)23)11-25-12-16(21)18-6-9-19-7-4-17-5-8-19/h2-3,10,17H,4-9,11-12H2,1H3,(H,18,21). The Morgan fingerprint density at radius 3 is 2.88 bits per heavy atom. The van der Waals surface area contributed by atoms with E-state index in [1.165, 1.54) is 24.9 Å². The van der Waals surface area contributed by atoms with Crippen molar-refractivity contribution in [3.8, 4) is 5.75 Å². The molecule has 8 nitrogen and oxygen atoms in total. The third-order valence-corrected chi connectivity index (χ3v) is 4.91. The predicted molar refractivity (Wildman–Crippen MR) is 98.1 cm³/mol. The highest BCUT2D eigenvalue weighted by Crippen LogP contribution is 2.28. The van der Waals surface area contributed by atoms with Crippen molar-refractivity contribution in [1.29, 1.82) is 0 Å². The molecule has 1 aliphatic heterocycles. The zero-order chi connectivity index (χ0) is 18.1. The second-order valence-corrected chi connectivity index (χ2v) is 6.68. The van der Waals surface area contributed by atoms with Crippen LogP contribution in [0.25, 0.3) is 0 Å². The Bertz CT molecular complexity index is 593. The number of amides is 1. The van der Waals surface area contributed by atoms with E-state index in [1.807, 2.05) is 0 Å². The molecule has 0 aromatic heterocycles. The summed E-state index contributed by atoms with van der Waals surface area (Å²) in [6.45, 7) is 5.54. The first-order chi connectivity index (χ1) is 12.1. The van der Waals surface area contributed by atoms with Crippen LogP contribution in [-0.4, -0.2) is 67.9 Å². The molecule has 2 rings (SSSR count). The number of nitro benzene ring substituents is 1. The molecule has 1 aromatic carbocycles. The van der Waals surface area contributed by atoms with Crippen molar-refractivity contribution >= 4 is 23.4 Å². The summed E-state index contributed by atoms with van der Waals surface area (Å²) in [5.74, 6) is 1.10. The number of nitro groups is 1. The van der Waals surface area contributed by atoms with Gasteiger partial charge in [-0.05, 0) is 11.6 Å². The molecular weight excluding hydrogens is 344 g/mol. The van der Waals surface area contributed by atoms with Gasteiger partial charge in [0.25, 0.3) is 0 Å². The Hall–Kier alpha value is -1.84. The highest BCUT2D eigenvalue weighted by molar-refractivity contribution is 7.99. The monoisotopic (exact) mass is 368 g/mol. The van der Waals surface area contributed by atoms with Gasteiger partial charge in [0.2, 0.25) is 5.91 Å². The SMILES string of the molecule is COc1ccc(CSCC(=O)NCCN2CCNCC2)cc1[N+](=O)[O-]. The fourth-order valence-electron chi connectivity index (χ4n) is 2.57. The molecule has 138 valence electrons. The maximum Gasteiger partial charge on any atom is 0.311 e. The number of rotatable bonds is 9. The number of nitrogens with one attached hydrogen (secondary N) is 2. The number of piperazine rings is 1. The third kappa shape index (κ3) is 6.52. The first kappa shape index (κ1) is 19.5. The van der Waals surface area contributed by atoms with Gasteiger partial charge in [-0.25, -0.2) is 0 Å². The number of hydrogen-bond donors (Lipinski definition) is 2. The van der Waals surface area contributed by atoms with Gasteiger partial charge in [-0.15, -0.1) is 11.8 Å². The lowest BCUT2D eigenvalue weighted by Crippen LogP contribution is -2.46. The van der Waals surface area contributed by atoms with E-state index in [4.69, 9.17) is 4.74 Å². The molecule has 0 unspecified atom stereocenters. The van der Waals surface area contributed by atoms with Gasteiger partial charge in [0, 0.05) is 51.1 Å². The summed E-state index contributed by atoms with van der Waals surface area (Å²) in [6.07, 6.45) is 0. The minimum absolute atomic E-state index is 0.0110. The first-order valence-corrected chi connectivity index (χ1v) is 9.34. The van der Waals surface area contributed by atoms with Crippen LogP contribution in [0.1, 0.15) is 5.56 Å². The number of carbonyl (C=O) groups is 1. The molecule has 1 saturated heterocycles. The van der Waals surface area contributed by atoms with Crippen molar-refractivity contribution in [1.82, 2.24) is 15.5 Å². The average molecular weight is 368 g/mol. The number of benzene rings is 1. The lowest BCUT2D eigenvalue weighted by Gasteiger charge is -2.27. The van der Waals surface area contributed by atoms with Gasteiger partial charge >= 0.3 is 5.69 Å². The van der Waals surface area contributed by atoms with E-state index in [0.29, 0.717) is 18.1 Å². The highest BCUT2D eigenvalue weighted by atomic mass is 32.2. The largest absolute Gasteiger partial charge is 0.490 e. The van der Waals surface area contributed by atoms with Gasteiger partial charge in [0.1, 0.15) is 0 Å². The fraction of sp³-hybridized carbons (Fsp3) is 0.562. The van der Waals surface area contributed by atoms with Crippen LogP contribution in [0.5, 0.6) is 5.75 Å². The average Bonchev–Trinajstić information content (AvgIpc) is 2.62. The molecule has 1 fully saturated rings. The smallest absolute Gasteiger partial charge is 0.311 e. The number of hydrogen-bond acceptors (Lipinski definition) is 7. The zero-order valence-corrected chi connectivity index (χ0v) is 15.1. The molecule has 0 radical (unpaired) electrons. The van der Waals surface area contributed by atoms with Crippen LogP contribution < -0.4 is 15.4 Å². The summed E-state index contributed by atoms with van der Waals surface area (Å²) in [7, 11) is 1.40. The van der Waals surface area contributed by atoms with Crippen LogP contribution in [-0.2, 0) is 10.5 Å². The Kier molecular flexibility index (Phi) is 7.96. The number of carbonyl (C=O) groups excluding carboxylic acids is 1. The normalized spacial score (nSPS) is 14.9. The Labute approximate surface area is 151 Å². The maximum atomic E-state index is 11.9. The fourth-order valence-corrected chi connectivity index (χ4v) is 3.37. The Morgan fingerprint density at radius 2 is 2.20 bits per heavy atom. The van der Waals surface area contributed by atoms with E-state index in [0.717, 1.165) is 38.3 Å². The second kappa shape index (κ2) is 10.2. The molecule has 9 heteroatoms. The number of nitrogens with zero attached hydrogens (tertiary/aromatic N) is 2. The minimum atomic E-state index is -0.462. The zero-order valence-electron chi connectivity index (χ0n) is 14.3. The van der Waals surface area contributed by atoms with E-state index in [2.05, 4.69) is 15.5 Å². The molecule has 0 bridgehead atoms. The number of ether oxygens (including phenoxy) is 1. The van der Waals surface area contributed by atoms with Gasteiger partial charge in [-0.3, -0.25) is 19.8 Å². The summed E-state index contributed by atoms with van der Waals surface area (Å²) < 4.78 is 4.98. The van der Waals surface area contributed by atoms with Crippen LogP contribution in [0, 0.1) is 10.1 Å². The lowest BCUT2D eigenvalue weighted by atomic mass is 10.2. The molecule has 0 saturated carbocycles. The molecular formula is C16H24N4O4S. The summed E-state index contributed by atoms with van der Waals surface area (Å²) in [6, 6.07) is 4.86. The molecule has 0 spiro atoms. The van der Waals surface area contributed by atoms with Crippen molar-refractivity contribution < 1.29 is 14.5 Å². The van der Waals surface area contributed by atoms with E-state index >= 15 is 0 Å². The minimum Gasteiger partial charge on any atom is -0.490 e. The van der Waals surface area contributed by atoms with E-state index in [1.54, 1.807) is 12.1 Å². The van der Waals surface area contributed by atoms with E-state index in [-0.39, 0.29) is 17.3 Å². The van der Waals surface area contributed by atoms with Crippen LogP contribution in [0.3, 0.4) is 0 Å². The van der Waals surface area contributed by atoms with Gasteiger partial charge in [-0.1, -0.05) is 6.07 Å².